The number of hydrogen-bond acceptors (Lipinski definition) is 4. The Morgan fingerprint density at radius 1 is 1.53 bits per heavy atom. The van der Waals surface area contributed by atoms with E-state index < -0.39 is 4.92 Å². The predicted octanol–water partition coefficient (Wildman–Crippen LogP) is 2.24. The first-order chi connectivity index (χ1) is 7.95. The van der Waals surface area contributed by atoms with Crippen molar-refractivity contribution in [1.29, 1.82) is 0 Å². The van der Waals surface area contributed by atoms with Gasteiger partial charge in [-0.1, -0.05) is 23.2 Å². The lowest BCUT2D eigenvalue weighted by atomic mass is 10.2. The highest BCUT2D eigenvalue weighted by Crippen LogP contribution is 2.30. The Bertz CT molecular complexity index is 465. The van der Waals surface area contributed by atoms with E-state index in [1.54, 1.807) is 7.05 Å². The van der Waals surface area contributed by atoms with Crippen molar-refractivity contribution < 1.29 is 4.92 Å². The second kappa shape index (κ2) is 5.81. The predicted molar refractivity (Wildman–Crippen MR) is 67.3 cm³/mol. The van der Waals surface area contributed by atoms with Crippen LogP contribution in [0.2, 0.25) is 10.0 Å². The van der Waals surface area contributed by atoms with Crippen molar-refractivity contribution >= 4 is 35.2 Å². The smallest absolute Gasteiger partial charge is 0.276 e. The molecule has 0 heterocycles. The zero-order chi connectivity index (χ0) is 13.0. The van der Waals surface area contributed by atoms with Gasteiger partial charge in [-0.15, -0.1) is 0 Å². The first kappa shape index (κ1) is 13.7. The fourth-order valence-corrected chi connectivity index (χ4v) is 1.60. The zero-order valence-corrected chi connectivity index (χ0v) is 10.4. The molecule has 0 aliphatic rings. The van der Waals surface area contributed by atoms with E-state index in [-0.39, 0.29) is 22.3 Å². The molecular weight excluding hydrogens is 267 g/mol. The maximum atomic E-state index is 10.8. The van der Waals surface area contributed by atoms with Gasteiger partial charge in [-0.05, 0) is 6.07 Å². The Hall–Kier alpha value is -1.37. The number of hydrazine groups is 1. The number of halogens is 2. The van der Waals surface area contributed by atoms with Crippen LogP contribution in [0.3, 0.4) is 0 Å². The molecule has 0 saturated heterocycles. The molecule has 0 saturated carbocycles. The lowest BCUT2D eigenvalue weighted by Crippen LogP contribution is -2.29. The van der Waals surface area contributed by atoms with Crippen molar-refractivity contribution in [1.82, 2.24) is 5.01 Å². The van der Waals surface area contributed by atoms with Gasteiger partial charge in [-0.3, -0.25) is 20.1 Å². The highest BCUT2D eigenvalue weighted by Gasteiger charge is 2.17. The summed E-state index contributed by atoms with van der Waals surface area (Å²) < 4.78 is 0. The molecule has 0 unspecified atom stereocenters. The standard InChI is InChI=1S/C9H10Cl2N4O2/c1-13-5-14(12)4-6-2-7(10)8(11)3-9(6)15(16)17/h2-3,5H,4,12H2,1H3. The quantitative estimate of drug-likeness (QED) is 0.300. The second-order valence-corrected chi connectivity index (χ2v) is 4.01. The normalized spacial score (nSPS) is 10.8. The van der Waals surface area contributed by atoms with Gasteiger partial charge in [0.25, 0.3) is 5.69 Å². The number of nitrogens with two attached hydrogens (primary N) is 1. The van der Waals surface area contributed by atoms with Crippen molar-refractivity contribution in [2.24, 2.45) is 10.8 Å². The molecule has 0 aromatic heterocycles. The SMILES string of the molecule is CN=CN(N)Cc1cc(Cl)c(Cl)cc1[N+](=O)[O-]. The van der Waals surface area contributed by atoms with Crippen molar-refractivity contribution in [2.45, 2.75) is 6.54 Å². The maximum Gasteiger partial charge on any atom is 0.276 e. The van der Waals surface area contributed by atoms with Crippen LogP contribution in [-0.2, 0) is 6.54 Å². The Morgan fingerprint density at radius 3 is 2.65 bits per heavy atom. The maximum absolute atomic E-state index is 10.8. The zero-order valence-electron chi connectivity index (χ0n) is 8.93. The highest BCUT2D eigenvalue weighted by atomic mass is 35.5. The van der Waals surface area contributed by atoms with E-state index >= 15 is 0 Å². The van der Waals surface area contributed by atoms with Crippen LogP contribution in [0.15, 0.2) is 17.1 Å². The van der Waals surface area contributed by atoms with Crippen molar-refractivity contribution in [3.63, 3.8) is 0 Å². The Labute approximate surface area is 108 Å². The molecule has 2 N–H and O–H groups in total. The van der Waals surface area contributed by atoms with Gasteiger partial charge in [0, 0.05) is 13.1 Å². The van der Waals surface area contributed by atoms with Crippen molar-refractivity contribution in [2.75, 3.05) is 7.05 Å². The van der Waals surface area contributed by atoms with Crippen LogP contribution in [0.5, 0.6) is 0 Å². The molecule has 17 heavy (non-hydrogen) atoms. The van der Waals surface area contributed by atoms with E-state index in [4.69, 9.17) is 29.0 Å². The summed E-state index contributed by atoms with van der Waals surface area (Å²) in [7, 11) is 1.54. The number of nitro benzene ring substituents is 1. The molecule has 1 aromatic carbocycles. The molecule has 0 bridgehead atoms. The van der Waals surface area contributed by atoms with Crippen LogP contribution in [0.1, 0.15) is 5.56 Å². The fourth-order valence-electron chi connectivity index (χ4n) is 1.26. The number of aliphatic imine (C=N–C) groups is 1. The molecule has 8 heteroatoms. The fraction of sp³-hybridized carbons (Fsp3) is 0.222. The highest BCUT2D eigenvalue weighted by molar-refractivity contribution is 6.42. The molecule has 0 radical (unpaired) electrons. The molecule has 92 valence electrons. The van der Waals surface area contributed by atoms with Gasteiger partial charge in [0.2, 0.25) is 0 Å². The van der Waals surface area contributed by atoms with Crippen LogP contribution < -0.4 is 5.84 Å². The third-order valence-corrected chi connectivity index (χ3v) is 2.66. The van der Waals surface area contributed by atoms with E-state index in [1.807, 2.05) is 0 Å². The van der Waals surface area contributed by atoms with E-state index in [2.05, 4.69) is 4.99 Å². The van der Waals surface area contributed by atoms with Gasteiger partial charge in [0.15, 0.2) is 0 Å². The molecular formula is C9H10Cl2N4O2. The third kappa shape index (κ3) is 3.55. The molecule has 1 aromatic rings. The summed E-state index contributed by atoms with van der Waals surface area (Å²) in [5.74, 6) is 5.56. The van der Waals surface area contributed by atoms with Gasteiger partial charge in [-0.2, -0.15) is 0 Å². The average molecular weight is 277 g/mol. The second-order valence-electron chi connectivity index (χ2n) is 3.20. The van der Waals surface area contributed by atoms with Gasteiger partial charge in [-0.25, -0.2) is 5.84 Å². The first-order valence-corrected chi connectivity index (χ1v) is 5.27. The van der Waals surface area contributed by atoms with Crippen molar-refractivity contribution in [3.8, 4) is 0 Å². The first-order valence-electron chi connectivity index (χ1n) is 4.51. The monoisotopic (exact) mass is 276 g/mol. The summed E-state index contributed by atoms with van der Waals surface area (Å²) in [6, 6.07) is 2.63. The largest absolute Gasteiger partial charge is 0.297 e. The number of nitro groups is 1. The van der Waals surface area contributed by atoms with E-state index in [0.29, 0.717) is 5.56 Å². The van der Waals surface area contributed by atoms with E-state index in [1.165, 1.54) is 23.5 Å². The molecule has 0 amide bonds. The molecule has 6 nitrogen and oxygen atoms in total. The number of benzene rings is 1. The van der Waals surface area contributed by atoms with Gasteiger partial charge in [0.1, 0.15) is 0 Å². The van der Waals surface area contributed by atoms with Crippen LogP contribution in [0, 0.1) is 10.1 Å². The summed E-state index contributed by atoms with van der Waals surface area (Å²) in [4.78, 5) is 14.0. The minimum Gasteiger partial charge on any atom is -0.297 e. The minimum absolute atomic E-state index is 0.116. The van der Waals surface area contributed by atoms with Gasteiger partial charge < -0.3 is 0 Å². The van der Waals surface area contributed by atoms with Crippen molar-refractivity contribution in [3.05, 3.63) is 37.9 Å². The van der Waals surface area contributed by atoms with Gasteiger partial charge in [0.05, 0.1) is 33.4 Å². The lowest BCUT2D eigenvalue weighted by Gasteiger charge is -2.12. The third-order valence-electron chi connectivity index (χ3n) is 1.93. The summed E-state index contributed by atoms with van der Waals surface area (Å²) in [6.45, 7) is 0.116. The van der Waals surface area contributed by atoms with E-state index in [0.717, 1.165) is 0 Å². The number of hydrogen-bond donors (Lipinski definition) is 1. The summed E-state index contributed by atoms with van der Waals surface area (Å²) in [5.41, 5.74) is 0.242. The van der Waals surface area contributed by atoms with E-state index in [9.17, 15) is 10.1 Å². The van der Waals surface area contributed by atoms with Crippen LogP contribution >= 0.6 is 23.2 Å². The van der Waals surface area contributed by atoms with Crippen LogP contribution in [0.25, 0.3) is 0 Å². The summed E-state index contributed by atoms with van der Waals surface area (Å²) in [6.07, 6.45) is 1.35. The topological polar surface area (TPSA) is 84.8 Å². The number of nitrogens with zero attached hydrogens (tertiary/aromatic N) is 3. The molecule has 0 atom stereocenters. The molecule has 0 fully saturated rings. The molecule has 1 rings (SSSR count). The Balaban J connectivity index is 3.12. The summed E-state index contributed by atoms with van der Waals surface area (Å²) in [5, 5.41) is 12.4. The molecule has 0 aliphatic heterocycles. The Morgan fingerprint density at radius 2 is 2.12 bits per heavy atom. The Kier molecular flexibility index (Phi) is 4.68. The number of rotatable bonds is 4. The summed E-state index contributed by atoms with van der Waals surface area (Å²) >= 11 is 11.5. The van der Waals surface area contributed by atoms with Crippen LogP contribution in [0.4, 0.5) is 5.69 Å². The molecule has 0 aliphatic carbocycles. The lowest BCUT2D eigenvalue weighted by molar-refractivity contribution is -0.385. The average Bonchev–Trinajstić information content (AvgIpc) is 2.23. The minimum atomic E-state index is -0.533. The molecule has 0 spiro atoms. The van der Waals surface area contributed by atoms with Gasteiger partial charge >= 0.3 is 0 Å². The van der Waals surface area contributed by atoms with Crippen LogP contribution in [-0.4, -0.2) is 23.3 Å².